The van der Waals surface area contributed by atoms with E-state index in [9.17, 15) is 14.9 Å². The van der Waals surface area contributed by atoms with Crippen molar-refractivity contribution < 1.29 is 0 Å². The van der Waals surface area contributed by atoms with E-state index in [2.05, 4.69) is 5.10 Å². The molecule has 3 rings (SSSR count). The van der Waals surface area contributed by atoms with E-state index in [-0.39, 0.29) is 11.6 Å². The lowest BCUT2D eigenvalue weighted by molar-refractivity contribution is 0.391. The Morgan fingerprint density at radius 1 is 1.28 bits per heavy atom. The van der Waals surface area contributed by atoms with Crippen molar-refractivity contribution >= 4 is 5.82 Å². The molecule has 3 heterocycles. The highest BCUT2D eigenvalue weighted by atomic mass is 16.2. The second-order valence-corrected chi connectivity index (χ2v) is 6.60. The summed E-state index contributed by atoms with van der Waals surface area (Å²) >= 11 is 0. The summed E-state index contributed by atoms with van der Waals surface area (Å²) in [5.41, 5.74) is 0.146. The highest BCUT2D eigenvalue weighted by Gasteiger charge is 2.29. The minimum Gasteiger partial charge on any atom is -0.352 e. The van der Waals surface area contributed by atoms with Crippen LogP contribution in [-0.4, -0.2) is 31.5 Å². The van der Waals surface area contributed by atoms with Gasteiger partial charge in [0.2, 0.25) is 0 Å². The van der Waals surface area contributed by atoms with E-state index in [4.69, 9.17) is 0 Å². The minimum atomic E-state index is -0.542. The summed E-state index contributed by atoms with van der Waals surface area (Å²) in [7, 11) is 3.01. The second-order valence-electron chi connectivity index (χ2n) is 6.60. The van der Waals surface area contributed by atoms with Gasteiger partial charge in [-0.15, -0.1) is 0 Å². The summed E-state index contributed by atoms with van der Waals surface area (Å²) in [6, 6.07) is 2.08. The standard InChI is InChI=1S/C17H22N6O2/c1-12-9-19-22(10-12)11-13-6-4-5-7-23(13)15-14(8-18)16(24)21(3)17(25)20(15)2/h9-10,13H,4-7,11H2,1-3H3/t13-/m1/s1. The predicted octanol–water partition coefficient (Wildman–Crippen LogP) is 0.520. The number of piperidine rings is 1. The Labute approximate surface area is 145 Å². The van der Waals surface area contributed by atoms with Gasteiger partial charge in [-0.05, 0) is 31.7 Å². The molecular weight excluding hydrogens is 320 g/mol. The third-order valence-corrected chi connectivity index (χ3v) is 4.80. The summed E-state index contributed by atoms with van der Waals surface area (Å²) in [5.74, 6) is 0.421. The maximum absolute atomic E-state index is 12.4. The molecule has 1 atom stereocenters. The molecule has 0 spiro atoms. The molecule has 1 saturated heterocycles. The van der Waals surface area contributed by atoms with Crippen molar-refractivity contribution in [1.82, 2.24) is 18.9 Å². The fourth-order valence-corrected chi connectivity index (χ4v) is 3.52. The van der Waals surface area contributed by atoms with E-state index in [0.29, 0.717) is 18.9 Å². The number of anilines is 1. The number of nitriles is 1. The van der Waals surface area contributed by atoms with Crippen molar-refractivity contribution in [3.8, 4) is 6.07 Å². The lowest BCUT2D eigenvalue weighted by Crippen LogP contribution is -2.48. The average molecular weight is 342 g/mol. The van der Waals surface area contributed by atoms with Crippen LogP contribution in [0.15, 0.2) is 22.0 Å². The van der Waals surface area contributed by atoms with Crippen molar-refractivity contribution in [3.05, 3.63) is 44.4 Å². The van der Waals surface area contributed by atoms with Gasteiger partial charge in [-0.3, -0.25) is 18.6 Å². The number of nitrogens with zero attached hydrogens (tertiary/aromatic N) is 6. The topological polar surface area (TPSA) is 88.8 Å². The highest BCUT2D eigenvalue weighted by Crippen LogP contribution is 2.26. The molecule has 0 aromatic carbocycles. The van der Waals surface area contributed by atoms with Crippen LogP contribution in [0.5, 0.6) is 0 Å². The smallest absolute Gasteiger partial charge is 0.332 e. The molecule has 0 unspecified atom stereocenters. The zero-order chi connectivity index (χ0) is 18.1. The molecule has 1 aliphatic heterocycles. The van der Waals surface area contributed by atoms with Gasteiger partial charge in [0.05, 0.1) is 12.7 Å². The summed E-state index contributed by atoms with van der Waals surface area (Å²) in [5, 5.41) is 13.9. The Hall–Kier alpha value is -2.82. The van der Waals surface area contributed by atoms with Crippen LogP contribution in [0.1, 0.15) is 30.4 Å². The van der Waals surface area contributed by atoms with Crippen LogP contribution in [0, 0.1) is 18.3 Å². The van der Waals surface area contributed by atoms with Gasteiger partial charge in [0, 0.05) is 32.9 Å². The number of hydrogen-bond acceptors (Lipinski definition) is 5. The van der Waals surface area contributed by atoms with E-state index in [1.165, 1.54) is 11.6 Å². The molecule has 8 nitrogen and oxygen atoms in total. The van der Waals surface area contributed by atoms with Gasteiger partial charge in [0.1, 0.15) is 11.9 Å². The van der Waals surface area contributed by atoms with Crippen molar-refractivity contribution in [2.45, 2.75) is 38.8 Å². The Kier molecular flexibility index (Phi) is 4.49. The van der Waals surface area contributed by atoms with Crippen LogP contribution in [0.3, 0.4) is 0 Å². The predicted molar refractivity (Wildman–Crippen MR) is 93.6 cm³/mol. The molecule has 2 aromatic heterocycles. The van der Waals surface area contributed by atoms with E-state index < -0.39 is 11.2 Å². The van der Waals surface area contributed by atoms with Crippen LogP contribution in [0.4, 0.5) is 5.82 Å². The average Bonchev–Trinajstić information content (AvgIpc) is 3.02. The Morgan fingerprint density at radius 2 is 2.04 bits per heavy atom. The molecule has 1 aliphatic rings. The molecule has 0 radical (unpaired) electrons. The zero-order valence-electron chi connectivity index (χ0n) is 14.8. The van der Waals surface area contributed by atoms with Gasteiger partial charge < -0.3 is 4.90 Å². The Bertz CT molecular complexity index is 946. The lowest BCUT2D eigenvalue weighted by Gasteiger charge is -2.38. The van der Waals surface area contributed by atoms with Crippen LogP contribution in [0.2, 0.25) is 0 Å². The summed E-state index contributed by atoms with van der Waals surface area (Å²) in [6.45, 7) is 3.35. The van der Waals surface area contributed by atoms with E-state index in [1.54, 1.807) is 7.05 Å². The van der Waals surface area contributed by atoms with Gasteiger partial charge in [-0.1, -0.05) is 0 Å². The monoisotopic (exact) mass is 342 g/mol. The SMILES string of the molecule is Cc1cnn(C[C@H]2CCCCN2c2c(C#N)c(=O)n(C)c(=O)n2C)c1. The first-order chi connectivity index (χ1) is 11.9. The summed E-state index contributed by atoms with van der Waals surface area (Å²) < 4.78 is 4.27. The third-order valence-electron chi connectivity index (χ3n) is 4.80. The quantitative estimate of drug-likeness (QED) is 0.811. The van der Waals surface area contributed by atoms with Crippen LogP contribution in [0.25, 0.3) is 0 Å². The summed E-state index contributed by atoms with van der Waals surface area (Å²) in [4.78, 5) is 26.8. The van der Waals surface area contributed by atoms with Crippen molar-refractivity contribution in [3.63, 3.8) is 0 Å². The fourth-order valence-electron chi connectivity index (χ4n) is 3.52. The van der Waals surface area contributed by atoms with Crippen LogP contribution in [-0.2, 0) is 20.6 Å². The van der Waals surface area contributed by atoms with E-state index in [0.717, 1.165) is 29.4 Å². The Balaban J connectivity index is 2.08. The second kappa shape index (κ2) is 6.59. The first kappa shape index (κ1) is 17.0. The van der Waals surface area contributed by atoms with Gasteiger partial charge in [-0.25, -0.2) is 4.79 Å². The van der Waals surface area contributed by atoms with Gasteiger partial charge in [0.15, 0.2) is 5.56 Å². The molecule has 25 heavy (non-hydrogen) atoms. The van der Waals surface area contributed by atoms with Crippen molar-refractivity contribution in [2.24, 2.45) is 14.1 Å². The maximum atomic E-state index is 12.4. The number of aryl methyl sites for hydroxylation is 1. The maximum Gasteiger partial charge on any atom is 0.332 e. The first-order valence-corrected chi connectivity index (χ1v) is 8.40. The molecule has 2 aromatic rings. The van der Waals surface area contributed by atoms with E-state index in [1.807, 2.05) is 35.0 Å². The lowest BCUT2D eigenvalue weighted by atomic mass is 10.0. The summed E-state index contributed by atoms with van der Waals surface area (Å²) in [6.07, 6.45) is 6.74. The normalized spacial score (nSPS) is 17.5. The molecule has 132 valence electrons. The molecule has 0 amide bonds. The largest absolute Gasteiger partial charge is 0.352 e. The van der Waals surface area contributed by atoms with Crippen molar-refractivity contribution in [2.75, 3.05) is 11.4 Å². The Morgan fingerprint density at radius 3 is 2.68 bits per heavy atom. The number of aromatic nitrogens is 4. The van der Waals surface area contributed by atoms with Crippen LogP contribution < -0.4 is 16.1 Å². The van der Waals surface area contributed by atoms with Gasteiger partial charge in [-0.2, -0.15) is 10.4 Å². The van der Waals surface area contributed by atoms with E-state index >= 15 is 0 Å². The minimum absolute atomic E-state index is 0.0214. The van der Waals surface area contributed by atoms with Crippen LogP contribution >= 0.6 is 0 Å². The third kappa shape index (κ3) is 2.97. The molecular formula is C17H22N6O2. The van der Waals surface area contributed by atoms with Gasteiger partial charge in [0.25, 0.3) is 5.56 Å². The fraction of sp³-hybridized carbons (Fsp3) is 0.529. The van der Waals surface area contributed by atoms with Gasteiger partial charge >= 0.3 is 5.69 Å². The number of rotatable bonds is 3. The molecule has 8 heteroatoms. The molecule has 0 aliphatic carbocycles. The molecule has 0 saturated carbocycles. The van der Waals surface area contributed by atoms with Crippen molar-refractivity contribution in [1.29, 1.82) is 5.26 Å². The zero-order valence-corrected chi connectivity index (χ0v) is 14.8. The molecule has 1 fully saturated rings. The first-order valence-electron chi connectivity index (χ1n) is 8.40. The molecule has 0 N–H and O–H groups in total. The number of hydrogen-bond donors (Lipinski definition) is 0. The highest BCUT2D eigenvalue weighted by molar-refractivity contribution is 5.54. The molecule has 0 bridgehead atoms.